The molecule has 3 nitrogen and oxygen atoms in total. The van der Waals surface area contributed by atoms with Crippen LogP contribution in [0.15, 0.2) is 12.1 Å². The van der Waals surface area contributed by atoms with Crippen molar-refractivity contribution >= 4 is 11.6 Å². The second-order valence-electron chi connectivity index (χ2n) is 3.76. The van der Waals surface area contributed by atoms with Crippen LogP contribution in [0.1, 0.15) is 24.1 Å². The summed E-state index contributed by atoms with van der Waals surface area (Å²) >= 11 is 6.03. The number of benzene rings is 1. The van der Waals surface area contributed by atoms with Crippen molar-refractivity contribution in [2.24, 2.45) is 5.73 Å². The zero-order valence-corrected chi connectivity index (χ0v) is 10.8. The summed E-state index contributed by atoms with van der Waals surface area (Å²) in [6.07, 6.45) is 0. The van der Waals surface area contributed by atoms with E-state index in [-0.39, 0.29) is 6.04 Å². The predicted octanol–water partition coefficient (Wildman–Crippen LogP) is 2.27. The summed E-state index contributed by atoms with van der Waals surface area (Å²) in [5.74, 6) is 0.829. The highest BCUT2D eigenvalue weighted by atomic mass is 35.5. The monoisotopic (exact) mass is 242 g/mol. The van der Waals surface area contributed by atoms with Crippen molar-refractivity contribution in [3.05, 3.63) is 28.3 Å². The molecular weight excluding hydrogens is 224 g/mol. The van der Waals surface area contributed by atoms with Gasteiger partial charge in [0.2, 0.25) is 0 Å². The fourth-order valence-corrected chi connectivity index (χ4v) is 2.00. The Morgan fingerprint density at radius 1 is 1.50 bits per heavy atom. The lowest BCUT2D eigenvalue weighted by Gasteiger charge is -2.18. The summed E-state index contributed by atoms with van der Waals surface area (Å²) in [6.45, 7) is 5.63. The van der Waals surface area contributed by atoms with Crippen LogP contribution in [0.4, 0.5) is 0 Å². The second-order valence-corrected chi connectivity index (χ2v) is 4.20. The van der Waals surface area contributed by atoms with Crippen LogP contribution >= 0.6 is 11.6 Å². The number of halogens is 1. The van der Waals surface area contributed by atoms with Crippen molar-refractivity contribution in [1.29, 1.82) is 0 Å². The summed E-state index contributed by atoms with van der Waals surface area (Å²) in [5, 5.41) is 3.91. The lowest BCUT2D eigenvalue weighted by atomic mass is 10.0. The highest BCUT2D eigenvalue weighted by molar-refractivity contribution is 6.30. The molecule has 3 N–H and O–H groups in total. The Morgan fingerprint density at radius 3 is 2.75 bits per heavy atom. The van der Waals surface area contributed by atoms with Crippen molar-refractivity contribution in [1.82, 2.24) is 5.32 Å². The van der Waals surface area contributed by atoms with E-state index >= 15 is 0 Å². The van der Waals surface area contributed by atoms with Gasteiger partial charge in [0, 0.05) is 23.2 Å². The molecule has 0 spiro atoms. The molecule has 0 saturated carbocycles. The number of aryl methyl sites for hydroxylation is 1. The minimum atomic E-state index is -0.104. The first kappa shape index (κ1) is 13.3. The van der Waals surface area contributed by atoms with E-state index in [1.54, 1.807) is 7.11 Å². The quantitative estimate of drug-likeness (QED) is 0.833. The van der Waals surface area contributed by atoms with Crippen molar-refractivity contribution in [3.63, 3.8) is 0 Å². The smallest absolute Gasteiger partial charge is 0.126 e. The summed E-state index contributed by atoms with van der Waals surface area (Å²) in [4.78, 5) is 0. The molecule has 0 aliphatic heterocycles. The van der Waals surface area contributed by atoms with E-state index in [1.807, 2.05) is 26.0 Å². The van der Waals surface area contributed by atoms with E-state index in [2.05, 4.69) is 5.32 Å². The zero-order chi connectivity index (χ0) is 12.1. The van der Waals surface area contributed by atoms with Gasteiger partial charge in [-0.1, -0.05) is 18.5 Å². The number of nitrogens with one attached hydrogen (secondary N) is 1. The molecule has 16 heavy (non-hydrogen) atoms. The minimum Gasteiger partial charge on any atom is -0.496 e. The molecule has 0 saturated heterocycles. The van der Waals surface area contributed by atoms with Crippen LogP contribution in [-0.2, 0) is 0 Å². The fourth-order valence-electron chi connectivity index (χ4n) is 1.72. The maximum absolute atomic E-state index is 6.09. The Morgan fingerprint density at radius 2 is 2.19 bits per heavy atom. The van der Waals surface area contributed by atoms with Crippen LogP contribution in [0.25, 0.3) is 0 Å². The molecule has 1 aromatic rings. The maximum atomic E-state index is 6.09. The van der Waals surface area contributed by atoms with Crippen LogP contribution in [0, 0.1) is 6.92 Å². The molecular formula is C12H19ClN2O. The third-order valence-corrected chi connectivity index (χ3v) is 2.70. The first-order chi connectivity index (χ1) is 7.60. The van der Waals surface area contributed by atoms with Crippen LogP contribution in [-0.4, -0.2) is 20.2 Å². The van der Waals surface area contributed by atoms with Gasteiger partial charge in [-0.3, -0.25) is 0 Å². The van der Waals surface area contributed by atoms with Gasteiger partial charge in [0.05, 0.1) is 7.11 Å². The average Bonchev–Trinajstić information content (AvgIpc) is 2.24. The number of likely N-dealkylation sites (N-methyl/N-ethyl adjacent to an activating group) is 1. The number of hydrogen-bond acceptors (Lipinski definition) is 3. The normalized spacial score (nSPS) is 12.6. The Labute approximate surface area is 102 Å². The molecule has 1 unspecified atom stereocenters. The Balaban J connectivity index is 3.00. The van der Waals surface area contributed by atoms with Crippen molar-refractivity contribution in [2.75, 3.05) is 20.2 Å². The molecule has 1 atom stereocenters. The van der Waals surface area contributed by atoms with Crippen LogP contribution in [0.2, 0.25) is 5.02 Å². The van der Waals surface area contributed by atoms with Crippen molar-refractivity contribution < 1.29 is 4.74 Å². The van der Waals surface area contributed by atoms with Crippen LogP contribution in [0.3, 0.4) is 0 Å². The Kier molecular flexibility index (Phi) is 5.06. The summed E-state index contributed by atoms with van der Waals surface area (Å²) in [5.41, 5.74) is 8.06. The summed E-state index contributed by atoms with van der Waals surface area (Å²) in [7, 11) is 1.65. The molecule has 0 aliphatic rings. The van der Waals surface area contributed by atoms with Gasteiger partial charge in [-0.05, 0) is 31.2 Å². The van der Waals surface area contributed by atoms with Gasteiger partial charge in [0.1, 0.15) is 5.75 Å². The number of rotatable bonds is 5. The van der Waals surface area contributed by atoms with Crippen molar-refractivity contribution in [2.45, 2.75) is 19.9 Å². The van der Waals surface area contributed by atoms with E-state index in [9.17, 15) is 0 Å². The molecule has 1 rings (SSSR count). The lowest BCUT2D eigenvalue weighted by Crippen LogP contribution is -2.27. The van der Waals surface area contributed by atoms with E-state index in [1.165, 1.54) is 0 Å². The number of methoxy groups -OCH3 is 1. The Bertz CT molecular complexity index is 355. The number of hydrogen-bond donors (Lipinski definition) is 2. The van der Waals surface area contributed by atoms with Gasteiger partial charge in [-0.2, -0.15) is 0 Å². The molecule has 0 fully saturated rings. The maximum Gasteiger partial charge on any atom is 0.126 e. The Hall–Kier alpha value is -0.770. The highest BCUT2D eigenvalue weighted by Crippen LogP contribution is 2.30. The topological polar surface area (TPSA) is 47.3 Å². The molecule has 4 heteroatoms. The van der Waals surface area contributed by atoms with Gasteiger partial charge in [-0.15, -0.1) is 0 Å². The molecule has 0 amide bonds. The SMILES string of the molecule is CCNCC(N)c1cc(Cl)cc(C)c1OC. The standard InChI is InChI=1S/C12H19ClN2O/c1-4-15-7-11(14)10-6-9(13)5-8(2)12(10)16-3/h5-6,11,15H,4,7,14H2,1-3H3. The fraction of sp³-hybridized carbons (Fsp3) is 0.500. The summed E-state index contributed by atoms with van der Waals surface area (Å²) in [6, 6.07) is 3.64. The number of ether oxygens (including phenoxy) is 1. The number of nitrogens with two attached hydrogens (primary N) is 1. The molecule has 90 valence electrons. The van der Waals surface area contributed by atoms with Gasteiger partial charge < -0.3 is 15.8 Å². The van der Waals surface area contributed by atoms with Crippen LogP contribution < -0.4 is 15.8 Å². The molecule has 0 aliphatic carbocycles. The second kappa shape index (κ2) is 6.09. The summed E-state index contributed by atoms with van der Waals surface area (Å²) < 4.78 is 5.37. The first-order valence-corrected chi connectivity index (χ1v) is 5.78. The molecule has 0 heterocycles. The molecule has 1 aromatic carbocycles. The minimum absolute atomic E-state index is 0.104. The molecule has 0 radical (unpaired) electrons. The van der Waals surface area contributed by atoms with Gasteiger partial charge in [-0.25, -0.2) is 0 Å². The van der Waals surface area contributed by atoms with E-state index < -0.39 is 0 Å². The van der Waals surface area contributed by atoms with E-state index in [4.69, 9.17) is 22.1 Å². The van der Waals surface area contributed by atoms with Gasteiger partial charge in [0.15, 0.2) is 0 Å². The third-order valence-electron chi connectivity index (χ3n) is 2.49. The highest BCUT2D eigenvalue weighted by Gasteiger charge is 2.14. The molecule has 0 aromatic heterocycles. The largest absolute Gasteiger partial charge is 0.496 e. The van der Waals surface area contributed by atoms with Crippen LogP contribution in [0.5, 0.6) is 5.75 Å². The molecule has 0 bridgehead atoms. The van der Waals surface area contributed by atoms with E-state index in [0.717, 1.165) is 23.4 Å². The van der Waals surface area contributed by atoms with Gasteiger partial charge in [0.25, 0.3) is 0 Å². The average molecular weight is 243 g/mol. The first-order valence-electron chi connectivity index (χ1n) is 5.40. The lowest BCUT2D eigenvalue weighted by molar-refractivity contribution is 0.401. The van der Waals surface area contributed by atoms with E-state index in [0.29, 0.717) is 11.6 Å². The van der Waals surface area contributed by atoms with Gasteiger partial charge >= 0.3 is 0 Å². The third kappa shape index (κ3) is 3.11. The van der Waals surface area contributed by atoms with Crippen molar-refractivity contribution in [3.8, 4) is 5.75 Å². The predicted molar refractivity (Wildman–Crippen MR) is 68.2 cm³/mol. The zero-order valence-electron chi connectivity index (χ0n) is 10.0.